The van der Waals surface area contributed by atoms with Crippen LogP contribution in [0.3, 0.4) is 0 Å². The van der Waals surface area contributed by atoms with Crippen molar-refractivity contribution in [3.05, 3.63) is 72.2 Å². The van der Waals surface area contributed by atoms with Crippen LogP contribution in [0, 0.1) is 0 Å². The van der Waals surface area contributed by atoms with Crippen molar-refractivity contribution in [2.45, 2.75) is 30.5 Å². The van der Waals surface area contributed by atoms with Gasteiger partial charge in [-0.15, -0.1) is 0 Å². The van der Waals surface area contributed by atoms with E-state index in [0.29, 0.717) is 12.2 Å². The van der Waals surface area contributed by atoms with Gasteiger partial charge in [0.1, 0.15) is 12.4 Å². The number of nitrogens with one attached hydrogen (secondary N) is 3. The first-order valence-corrected chi connectivity index (χ1v) is 11.1. The summed E-state index contributed by atoms with van der Waals surface area (Å²) in [6.07, 6.45) is -2.50. The van der Waals surface area contributed by atoms with Gasteiger partial charge in [0.25, 0.3) is 5.91 Å². The van der Waals surface area contributed by atoms with Gasteiger partial charge >= 0.3 is 6.18 Å². The number of imidazole rings is 1. The number of hydrogen-bond donors (Lipinski definition) is 3. The zero-order valence-electron chi connectivity index (χ0n) is 17.0. The van der Waals surface area contributed by atoms with Crippen LogP contribution in [0.2, 0.25) is 0 Å². The summed E-state index contributed by atoms with van der Waals surface area (Å²) in [7, 11) is -3.97. The SMILES string of the molecule is CCC(NS(=O)(=O)c1ccc(C(=O)NCC(F)(F)F)cc1)c1ncc(-c2ccccc2)[nH]1. The van der Waals surface area contributed by atoms with Crippen LogP contribution >= 0.6 is 0 Å². The molecule has 0 radical (unpaired) electrons. The van der Waals surface area contributed by atoms with E-state index >= 15 is 0 Å². The summed E-state index contributed by atoms with van der Waals surface area (Å²) in [4.78, 5) is 19.1. The zero-order chi connectivity index (χ0) is 23.4. The second-order valence-electron chi connectivity index (χ2n) is 6.95. The molecule has 1 heterocycles. The predicted molar refractivity (Wildman–Crippen MR) is 112 cm³/mol. The number of rotatable bonds is 8. The Morgan fingerprint density at radius 2 is 1.75 bits per heavy atom. The minimum atomic E-state index is -4.54. The first-order valence-electron chi connectivity index (χ1n) is 9.66. The van der Waals surface area contributed by atoms with E-state index < -0.39 is 34.7 Å². The van der Waals surface area contributed by atoms with E-state index in [4.69, 9.17) is 0 Å². The molecule has 1 amide bonds. The average molecular weight is 466 g/mol. The normalized spacial score (nSPS) is 13.0. The number of carbonyl (C=O) groups is 1. The summed E-state index contributed by atoms with van der Waals surface area (Å²) in [6, 6.07) is 13.4. The van der Waals surface area contributed by atoms with Crippen molar-refractivity contribution in [2.75, 3.05) is 6.54 Å². The molecule has 32 heavy (non-hydrogen) atoms. The topological polar surface area (TPSA) is 104 Å². The van der Waals surface area contributed by atoms with Crippen molar-refractivity contribution in [2.24, 2.45) is 0 Å². The molecular formula is C21H21F3N4O3S. The molecule has 11 heteroatoms. The second-order valence-corrected chi connectivity index (χ2v) is 8.67. The van der Waals surface area contributed by atoms with Crippen molar-refractivity contribution < 1.29 is 26.4 Å². The minimum absolute atomic E-state index is 0.0845. The Morgan fingerprint density at radius 1 is 1.09 bits per heavy atom. The Kier molecular flexibility index (Phi) is 6.99. The Balaban J connectivity index is 1.72. The number of carbonyl (C=O) groups excluding carboxylic acids is 1. The number of amides is 1. The van der Waals surface area contributed by atoms with Gasteiger partial charge in [-0.3, -0.25) is 4.79 Å². The second kappa shape index (κ2) is 9.53. The number of nitrogens with zero attached hydrogens (tertiary/aromatic N) is 1. The van der Waals surface area contributed by atoms with E-state index in [-0.39, 0.29) is 10.5 Å². The number of aromatic nitrogens is 2. The van der Waals surface area contributed by atoms with E-state index in [0.717, 1.165) is 35.5 Å². The third-order valence-electron chi connectivity index (χ3n) is 4.59. The third kappa shape index (κ3) is 5.95. The van der Waals surface area contributed by atoms with Gasteiger partial charge in [-0.1, -0.05) is 37.3 Å². The fourth-order valence-electron chi connectivity index (χ4n) is 2.93. The molecule has 1 unspecified atom stereocenters. The number of aromatic amines is 1. The summed E-state index contributed by atoms with van der Waals surface area (Å²) in [5.74, 6) is -0.507. The monoisotopic (exact) mass is 466 g/mol. The molecular weight excluding hydrogens is 445 g/mol. The molecule has 2 aromatic carbocycles. The number of alkyl halides is 3. The Labute approximate surface area is 183 Å². The molecule has 0 spiro atoms. The molecule has 0 aliphatic carbocycles. The lowest BCUT2D eigenvalue weighted by Gasteiger charge is -2.15. The first-order chi connectivity index (χ1) is 15.1. The van der Waals surface area contributed by atoms with Gasteiger partial charge in [-0.05, 0) is 36.2 Å². The predicted octanol–water partition coefficient (Wildman–Crippen LogP) is 3.80. The van der Waals surface area contributed by atoms with Gasteiger partial charge in [0.2, 0.25) is 10.0 Å². The lowest BCUT2D eigenvalue weighted by atomic mass is 10.2. The average Bonchev–Trinajstić information content (AvgIpc) is 3.26. The lowest BCUT2D eigenvalue weighted by Crippen LogP contribution is -2.33. The number of H-pyrrole nitrogens is 1. The van der Waals surface area contributed by atoms with E-state index in [9.17, 15) is 26.4 Å². The van der Waals surface area contributed by atoms with Crippen molar-refractivity contribution in [1.29, 1.82) is 0 Å². The van der Waals surface area contributed by atoms with Crippen molar-refractivity contribution in [1.82, 2.24) is 20.0 Å². The number of benzene rings is 2. The van der Waals surface area contributed by atoms with E-state index in [1.807, 2.05) is 30.3 Å². The molecule has 1 atom stereocenters. The van der Waals surface area contributed by atoms with Crippen LogP contribution in [0.25, 0.3) is 11.3 Å². The van der Waals surface area contributed by atoms with Crippen molar-refractivity contribution in [3.8, 4) is 11.3 Å². The molecule has 170 valence electrons. The number of sulfonamides is 1. The highest BCUT2D eigenvalue weighted by Crippen LogP contribution is 2.22. The smallest absolute Gasteiger partial charge is 0.343 e. The molecule has 0 aliphatic rings. The largest absolute Gasteiger partial charge is 0.405 e. The highest BCUT2D eigenvalue weighted by molar-refractivity contribution is 7.89. The van der Waals surface area contributed by atoms with E-state index in [2.05, 4.69) is 14.7 Å². The molecule has 0 aliphatic heterocycles. The molecule has 3 aromatic rings. The van der Waals surface area contributed by atoms with E-state index in [1.54, 1.807) is 18.4 Å². The molecule has 0 fully saturated rings. The lowest BCUT2D eigenvalue weighted by molar-refractivity contribution is -0.123. The summed E-state index contributed by atoms with van der Waals surface area (Å²) < 4.78 is 64.8. The quantitative estimate of drug-likeness (QED) is 0.470. The van der Waals surface area contributed by atoms with Crippen molar-refractivity contribution in [3.63, 3.8) is 0 Å². The summed E-state index contributed by atoms with van der Waals surface area (Å²) in [5, 5.41) is 1.73. The van der Waals surface area contributed by atoms with Gasteiger partial charge in [0, 0.05) is 5.56 Å². The van der Waals surface area contributed by atoms with Crippen LogP contribution < -0.4 is 10.0 Å². The molecule has 0 bridgehead atoms. The van der Waals surface area contributed by atoms with Gasteiger partial charge in [-0.2, -0.15) is 13.2 Å². The highest BCUT2D eigenvalue weighted by Gasteiger charge is 2.28. The molecule has 1 aromatic heterocycles. The summed E-state index contributed by atoms with van der Waals surface area (Å²) in [5.41, 5.74) is 1.56. The minimum Gasteiger partial charge on any atom is -0.343 e. The molecule has 3 N–H and O–H groups in total. The number of hydrogen-bond acceptors (Lipinski definition) is 4. The van der Waals surface area contributed by atoms with Crippen molar-refractivity contribution >= 4 is 15.9 Å². The van der Waals surface area contributed by atoms with Gasteiger partial charge < -0.3 is 10.3 Å². The van der Waals surface area contributed by atoms with Crippen LogP contribution in [0.15, 0.2) is 65.7 Å². The maximum absolute atomic E-state index is 12.8. The fraction of sp³-hybridized carbons (Fsp3) is 0.238. The maximum Gasteiger partial charge on any atom is 0.405 e. The van der Waals surface area contributed by atoms with Gasteiger partial charge in [-0.25, -0.2) is 18.1 Å². The molecule has 0 saturated carbocycles. The van der Waals surface area contributed by atoms with Gasteiger partial charge in [0.15, 0.2) is 0 Å². The van der Waals surface area contributed by atoms with Crippen LogP contribution in [0.4, 0.5) is 13.2 Å². The summed E-state index contributed by atoms with van der Waals surface area (Å²) in [6.45, 7) is 0.325. The fourth-order valence-corrected chi connectivity index (χ4v) is 4.22. The molecule has 7 nitrogen and oxygen atoms in total. The molecule has 0 saturated heterocycles. The van der Waals surface area contributed by atoms with Crippen LogP contribution in [-0.4, -0.2) is 37.0 Å². The van der Waals surface area contributed by atoms with Gasteiger partial charge in [0.05, 0.1) is 22.8 Å². The van der Waals surface area contributed by atoms with Crippen LogP contribution in [0.1, 0.15) is 35.6 Å². The number of halogens is 3. The zero-order valence-corrected chi connectivity index (χ0v) is 17.8. The summed E-state index contributed by atoms with van der Waals surface area (Å²) >= 11 is 0. The third-order valence-corrected chi connectivity index (χ3v) is 6.08. The Bertz CT molecular complexity index is 1160. The maximum atomic E-state index is 12.8. The Hall–Kier alpha value is -3.18. The van der Waals surface area contributed by atoms with E-state index in [1.165, 1.54) is 0 Å². The van der Waals surface area contributed by atoms with Crippen LogP contribution in [0.5, 0.6) is 0 Å². The highest BCUT2D eigenvalue weighted by atomic mass is 32.2. The van der Waals surface area contributed by atoms with Crippen LogP contribution in [-0.2, 0) is 10.0 Å². The standard InChI is InChI=1S/C21H21F3N4O3S/c1-2-17(19-25-12-18(27-19)14-6-4-3-5-7-14)28-32(30,31)16-10-8-15(9-11-16)20(29)26-13-21(22,23)24/h3-12,17,28H,2,13H2,1H3,(H,25,27)(H,26,29). The molecule has 3 rings (SSSR count). The Morgan fingerprint density at radius 3 is 2.34 bits per heavy atom. The first kappa shape index (κ1) is 23.5.